The Kier molecular flexibility index (Phi) is 6.09. The van der Waals surface area contributed by atoms with E-state index in [1.165, 1.54) is 11.3 Å². The predicted octanol–water partition coefficient (Wildman–Crippen LogP) is -0.521. The first-order valence-corrected chi connectivity index (χ1v) is 6.41. The molecule has 0 atom stereocenters. The zero-order valence-electron chi connectivity index (χ0n) is 9.93. The van der Waals surface area contributed by atoms with Gasteiger partial charge in [-0.25, -0.2) is 4.98 Å². The van der Waals surface area contributed by atoms with E-state index in [4.69, 9.17) is 16.6 Å². The number of hydrogen-bond acceptors (Lipinski definition) is 5. The molecule has 0 bridgehead atoms. The number of hydrogen-bond donors (Lipinski definition) is 4. The van der Waals surface area contributed by atoms with Gasteiger partial charge in [0.05, 0.1) is 5.69 Å². The molecule has 0 fully saturated rings. The van der Waals surface area contributed by atoms with E-state index in [9.17, 15) is 4.79 Å². The maximum absolute atomic E-state index is 10.7. The van der Waals surface area contributed by atoms with E-state index in [1.54, 1.807) is 0 Å². The maximum Gasteiger partial charge on any atom is 0.245 e. The number of aliphatic hydroxyl groups is 1. The molecule has 1 aromatic rings. The van der Waals surface area contributed by atoms with Gasteiger partial charge in [0, 0.05) is 11.9 Å². The fourth-order valence-electron chi connectivity index (χ4n) is 1.29. The number of aromatic nitrogens is 1. The third-order valence-corrected chi connectivity index (χ3v) is 2.87. The number of aliphatic imine (C=N–C) groups is 1. The summed E-state index contributed by atoms with van der Waals surface area (Å²) in [6.45, 7) is 0.0955. The smallest absolute Gasteiger partial charge is 0.245 e. The third kappa shape index (κ3) is 5.60. The van der Waals surface area contributed by atoms with Gasteiger partial charge in [0.15, 0.2) is 5.96 Å². The van der Waals surface area contributed by atoms with Crippen molar-refractivity contribution in [3.63, 3.8) is 0 Å². The molecule has 0 aliphatic rings. The van der Waals surface area contributed by atoms with Crippen molar-refractivity contribution in [2.45, 2.75) is 19.3 Å². The second-order valence-electron chi connectivity index (χ2n) is 3.62. The SMILES string of the molecule is NC(N)=Nc1nc(CCCCNC(=O)CO)cs1. The summed E-state index contributed by atoms with van der Waals surface area (Å²) in [6, 6.07) is 0. The van der Waals surface area contributed by atoms with E-state index in [0.29, 0.717) is 11.7 Å². The topological polar surface area (TPSA) is 127 Å². The van der Waals surface area contributed by atoms with Crippen molar-refractivity contribution in [3.05, 3.63) is 11.1 Å². The summed E-state index contributed by atoms with van der Waals surface area (Å²) in [5.41, 5.74) is 11.4. The van der Waals surface area contributed by atoms with Crippen LogP contribution in [0.2, 0.25) is 0 Å². The van der Waals surface area contributed by atoms with Gasteiger partial charge in [0.2, 0.25) is 11.0 Å². The number of nitrogens with zero attached hydrogens (tertiary/aromatic N) is 2. The summed E-state index contributed by atoms with van der Waals surface area (Å²) >= 11 is 1.39. The minimum Gasteiger partial charge on any atom is -0.387 e. The maximum atomic E-state index is 10.7. The minimum atomic E-state index is -0.464. The van der Waals surface area contributed by atoms with Gasteiger partial charge in [0.25, 0.3) is 0 Å². The predicted molar refractivity (Wildman–Crippen MR) is 70.6 cm³/mol. The molecule has 0 unspecified atom stereocenters. The van der Waals surface area contributed by atoms with Crippen molar-refractivity contribution < 1.29 is 9.90 Å². The van der Waals surface area contributed by atoms with Crippen LogP contribution in [0.3, 0.4) is 0 Å². The molecule has 0 aliphatic heterocycles. The van der Waals surface area contributed by atoms with Crippen LogP contribution in [0.15, 0.2) is 10.4 Å². The van der Waals surface area contributed by atoms with Crippen molar-refractivity contribution in [1.29, 1.82) is 0 Å². The van der Waals surface area contributed by atoms with Crippen molar-refractivity contribution in [2.24, 2.45) is 16.5 Å². The van der Waals surface area contributed by atoms with Crippen LogP contribution in [0.4, 0.5) is 5.13 Å². The number of nitrogens with two attached hydrogens (primary N) is 2. The highest BCUT2D eigenvalue weighted by molar-refractivity contribution is 7.13. The highest BCUT2D eigenvalue weighted by atomic mass is 32.1. The van der Waals surface area contributed by atoms with Crippen LogP contribution in [-0.4, -0.2) is 35.1 Å². The Morgan fingerprint density at radius 1 is 1.50 bits per heavy atom. The Balaban J connectivity index is 2.21. The zero-order chi connectivity index (χ0) is 13.4. The third-order valence-electron chi connectivity index (χ3n) is 2.09. The molecule has 0 saturated carbocycles. The molecule has 0 aliphatic carbocycles. The van der Waals surface area contributed by atoms with Gasteiger partial charge in [-0.05, 0) is 19.3 Å². The molecular weight excluding hydrogens is 254 g/mol. The Bertz CT molecular complexity index is 414. The Morgan fingerprint density at radius 3 is 2.94 bits per heavy atom. The largest absolute Gasteiger partial charge is 0.387 e. The second-order valence-corrected chi connectivity index (χ2v) is 4.46. The molecule has 7 nitrogen and oxygen atoms in total. The molecule has 0 spiro atoms. The van der Waals surface area contributed by atoms with Crippen LogP contribution in [0.1, 0.15) is 18.5 Å². The molecule has 1 aromatic heterocycles. The standard InChI is InChI=1S/C10H17N5O2S/c11-9(12)15-10-14-7(6-18-10)3-1-2-4-13-8(17)5-16/h6,16H,1-5H2,(H,13,17)(H4,11,12,14,15). The number of aliphatic hydroxyl groups excluding tert-OH is 1. The number of carbonyl (C=O) groups excluding carboxylic acids is 1. The van der Waals surface area contributed by atoms with Gasteiger partial charge >= 0.3 is 0 Å². The lowest BCUT2D eigenvalue weighted by Gasteiger charge is -2.01. The first-order chi connectivity index (χ1) is 8.61. The quantitative estimate of drug-likeness (QED) is 0.301. The molecule has 0 aromatic carbocycles. The first kappa shape index (κ1) is 14.4. The summed E-state index contributed by atoms with van der Waals surface area (Å²) in [4.78, 5) is 18.8. The monoisotopic (exact) mass is 271 g/mol. The molecule has 1 amide bonds. The highest BCUT2D eigenvalue weighted by Crippen LogP contribution is 2.19. The van der Waals surface area contributed by atoms with Gasteiger partial charge in [-0.1, -0.05) is 0 Å². The lowest BCUT2D eigenvalue weighted by molar-refractivity contribution is -0.123. The number of carbonyl (C=O) groups is 1. The molecule has 0 saturated heterocycles. The van der Waals surface area contributed by atoms with Crippen molar-refractivity contribution >= 4 is 28.3 Å². The van der Waals surface area contributed by atoms with E-state index in [-0.39, 0.29) is 11.9 Å². The van der Waals surface area contributed by atoms with Crippen LogP contribution in [-0.2, 0) is 11.2 Å². The molecular formula is C10H17N5O2S. The first-order valence-electron chi connectivity index (χ1n) is 5.53. The van der Waals surface area contributed by atoms with Crippen LogP contribution < -0.4 is 16.8 Å². The van der Waals surface area contributed by atoms with Crippen LogP contribution >= 0.6 is 11.3 Å². The average molecular weight is 271 g/mol. The van der Waals surface area contributed by atoms with E-state index in [2.05, 4.69) is 15.3 Å². The van der Waals surface area contributed by atoms with Crippen molar-refractivity contribution in [3.8, 4) is 0 Å². The van der Waals surface area contributed by atoms with E-state index >= 15 is 0 Å². The summed E-state index contributed by atoms with van der Waals surface area (Å²) in [5, 5.41) is 13.5. The van der Waals surface area contributed by atoms with Crippen molar-refractivity contribution in [2.75, 3.05) is 13.2 Å². The summed E-state index contributed by atoms with van der Waals surface area (Å²) < 4.78 is 0. The number of aryl methyl sites for hydroxylation is 1. The normalized spacial score (nSPS) is 10.1. The molecule has 0 radical (unpaired) electrons. The van der Waals surface area contributed by atoms with Gasteiger partial charge in [-0.3, -0.25) is 4.79 Å². The van der Waals surface area contributed by atoms with E-state index < -0.39 is 6.61 Å². The van der Waals surface area contributed by atoms with Crippen LogP contribution in [0.5, 0.6) is 0 Å². The second kappa shape index (κ2) is 7.62. The van der Waals surface area contributed by atoms with Crippen LogP contribution in [0, 0.1) is 0 Å². The van der Waals surface area contributed by atoms with Crippen LogP contribution in [0.25, 0.3) is 0 Å². The zero-order valence-corrected chi connectivity index (χ0v) is 10.7. The van der Waals surface area contributed by atoms with Gasteiger partial charge in [-0.2, -0.15) is 4.99 Å². The molecule has 100 valence electrons. The van der Waals surface area contributed by atoms with Crippen molar-refractivity contribution in [1.82, 2.24) is 10.3 Å². The lowest BCUT2D eigenvalue weighted by atomic mass is 10.2. The Morgan fingerprint density at radius 2 is 2.28 bits per heavy atom. The average Bonchev–Trinajstić information content (AvgIpc) is 2.75. The number of unbranched alkanes of at least 4 members (excludes halogenated alkanes) is 1. The van der Waals surface area contributed by atoms with E-state index in [1.807, 2.05) is 5.38 Å². The molecule has 18 heavy (non-hydrogen) atoms. The number of nitrogens with one attached hydrogen (secondary N) is 1. The van der Waals surface area contributed by atoms with E-state index in [0.717, 1.165) is 25.0 Å². The number of thiazole rings is 1. The molecule has 1 rings (SSSR count). The molecule has 8 heteroatoms. The minimum absolute atomic E-state index is 0.00242. The molecule has 1 heterocycles. The highest BCUT2D eigenvalue weighted by Gasteiger charge is 2.01. The van der Waals surface area contributed by atoms with Gasteiger partial charge in [0.1, 0.15) is 6.61 Å². The number of guanidine groups is 1. The summed E-state index contributed by atoms with van der Waals surface area (Å²) in [7, 11) is 0. The fraction of sp³-hybridized carbons (Fsp3) is 0.500. The Labute approximate surface area is 109 Å². The lowest BCUT2D eigenvalue weighted by Crippen LogP contribution is -2.27. The summed E-state index contributed by atoms with van der Waals surface area (Å²) in [5.74, 6) is -0.346. The number of rotatable bonds is 7. The van der Waals surface area contributed by atoms with Gasteiger partial charge < -0.3 is 21.9 Å². The summed E-state index contributed by atoms with van der Waals surface area (Å²) in [6.07, 6.45) is 2.54. The van der Waals surface area contributed by atoms with Gasteiger partial charge in [-0.15, -0.1) is 11.3 Å². The number of amides is 1. The molecule has 6 N–H and O–H groups in total. The Hall–Kier alpha value is -1.67. The fourth-order valence-corrected chi connectivity index (χ4v) is 2.03.